The molecule has 0 aliphatic rings. The summed E-state index contributed by atoms with van der Waals surface area (Å²) >= 11 is 0. The molecule has 33 heavy (non-hydrogen) atoms. The van der Waals surface area contributed by atoms with Gasteiger partial charge < -0.3 is 14.6 Å². The first-order valence-electron chi connectivity index (χ1n) is 12.0. The number of allylic oxidation sites excluding steroid dienone is 2. The van der Waals surface area contributed by atoms with Crippen LogP contribution in [0.4, 0.5) is 0 Å². The van der Waals surface area contributed by atoms with Gasteiger partial charge in [-0.3, -0.25) is 0 Å². The standard InChI is InChI=1S/C29H42O3Si/c1-7-8-22-29(6,31)27(30)20-19-24(2)21-23-32-33(28(3,4)5,25-15-11-9-12-16-25)26-17-13-10-14-18-26/h7,9-18,21,27,30-31H,1,8,19-20,22-23H2,2-6H3/b24-21+/t27-,29+/m0/s1. The summed E-state index contributed by atoms with van der Waals surface area (Å²) in [4.78, 5) is 0. The summed E-state index contributed by atoms with van der Waals surface area (Å²) in [5.41, 5.74) is 0.0615. The van der Waals surface area contributed by atoms with Crippen molar-refractivity contribution >= 4 is 18.7 Å². The summed E-state index contributed by atoms with van der Waals surface area (Å²) in [6.07, 6.45) is 5.57. The molecule has 0 radical (unpaired) electrons. The zero-order valence-electron chi connectivity index (χ0n) is 21.1. The molecule has 0 fully saturated rings. The van der Waals surface area contributed by atoms with Crippen molar-refractivity contribution < 1.29 is 14.6 Å². The smallest absolute Gasteiger partial charge is 0.261 e. The van der Waals surface area contributed by atoms with E-state index in [2.05, 4.69) is 101 Å². The molecule has 2 aromatic rings. The van der Waals surface area contributed by atoms with Crippen LogP contribution in [0.1, 0.15) is 60.3 Å². The minimum atomic E-state index is -2.55. The Bertz CT molecular complexity index is 843. The molecule has 0 aliphatic heterocycles. The van der Waals surface area contributed by atoms with Gasteiger partial charge in [0.15, 0.2) is 0 Å². The van der Waals surface area contributed by atoms with E-state index in [0.29, 0.717) is 25.9 Å². The van der Waals surface area contributed by atoms with E-state index in [1.807, 2.05) is 0 Å². The first-order chi connectivity index (χ1) is 15.5. The van der Waals surface area contributed by atoms with Crippen LogP contribution in [0.5, 0.6) is 0 Å². The van der Waals surface area contributed by atoms with Crippen LogP contribution in [0.25, 0.3) is 0 Å². The molecular formula is C29H42O3Si. The Labute approximate surface area is 202 Å². The lowest BCUT2D eigenvalue weighted by Gasteiger charge is -2.42. The monoisotopic (exact) mass is 466 g/mol. The van der Waals surface area contributed by atoms with Crippen molar-refractivity contribution in [3.63, 3.8) is 0 Å². The van der Waals surface area contributed by atoms with Crippen LogP contribution < -0.4 is 10.4 Å². The topological polar surface area (TPSA) is 49.7 Å². The maximum atomic E-state index is 10.5. The van der Waals surface area contributed by atoms with Gasteiger partial charge in [0, 0.05) is 0 Å². The Morgan fingerprint density at radius 3 is 1.97 bits per heavy atom. The van der Waals surface area contributed by atoms with E-state index in [4.69, 9.17) is 4.43 Å². The fourth-order valence-electron chi connectivity index (χ4n) is 4.41. The molecular weight excluding hydrogens is 424 g/mol. The van der Waals surface area contributed by atoms with Gasteiger partial charge in [0.25, 0.3) is 8.32 Å². The Morgan fingerprint density at radius 2 is 1.52 bits per heavy atom. The third-order valence-electron chi connectivity index (χ3n) is 6.53. The Kier molecular flexibility index (Phi) is 9.86. The molecule has 4 heteroatoms. The van der Waals surface area contributed by atoms with Crippen LogP contribution in [0.2, 0.25) is 5.04 Å². The van der Waals surface area contributed by atoms with Crippen LogP contribution in [0.3, 0.4) is 0 Å². The van der Waals surface area contributed by atoms with E-state index in [0.717, 1.165) is 12.0 Å². The molecule has 0 spiro atoms. The minimum Gasteiger partial charge on any atom is -0.404 e. The second-order valence-corrected chi connectivity index (χ2v) is 14.6. The lowest BCUT2D eigenvalue weighted by atomic mass is 9.89. The van der Waals surface area contributed by atoms with Crippen molar-refractivity contribution in [1.29, 1.82) is 0 Å². The third kappa shape index (κ3) is 7.00. The number of hydrogen-bond donors (Lipinski definition) is 2. The van der Waals surface area contributed by atoms with Crippen molar-refractivity contribution in [2.75, 3.05) is 6.61 Å². The highest BCUT2D eigenvalue weighted by Crippen LogP contribution is 2.36. The Balaban J connectivity index is 2.20. The summed E-state index contributed by atoms with van der Waals surface area (Å²) < 4.78 is 6.90. The van der Waals surface area contributed by atoms with Gasteiger partial charge in [-0.1, -0.05) is 99.2 Å². The molecule has 0 aliphatic carbocycles. The molecule has 180 valence electrons. The zero-order valence-corrected chi connectivity index (χ0v) is 22.1. The molecule has 2 N–H and O–H groups in total. The second-order valence-electron chi connectivity index (χ2n) is 10.3. The number of aliphatic hydroxyl groups is 2. The normalized spacial score (nSPS) is 15.7. The van der Waals surface area contributed by atoms with Crippen LogP contribution in [-0.4, -0.2) is 36.8 Å². The predicted octanol–water partition coefficient (Wildman–Crippen LogP) is 5.37. The van der Waals surface area contributed by atoms with Gasteiger partial charge in [0.05, 0.1) is 18.3 Å². The lowest BCUT2D eigenvalue weighted by Crippen LogP contribution is -2.66. The van der Waals surface area contributed by atoms with E-state index >= 15 is 0 Å². The van der Waals surface area contributed by atoms with E-state index in [-0.39, 0.29) is 5.04 Å². The second kappa shape index (κ2) is 11.9. The molecule has 0 saturated heterocycles. The number of aliphatic hydroxyl groups excluding tert-OH is 1. The maximum Gasteiger partial charge on any atom is 0.261 e. The first-order valence-corrected chi connectivity index (χ1v) is 13.9. The molecule has 0 unspecified atom stereocenters. The van der Waals surface area contributed by atoms with Crippen molar-refractivity contribution in [2.24, 2.45) is 0 Å². The molecule has 3 nitrogen and oxygen atoms in total. The zero-order chi connectivity index (χ0) is 24.5. The third-order valence-corrected chi connectivity index (χ3v) is 11.5. The largest absolute Gasteiger partial charge is 0.404 e. The summed E-state index contributed by atoms with van der Waals surface area (Å²) in [7, 11) is -2.55. The highest BCUT2D eigenvalue weighted by Gasteiger charge is 2.49. The summed E-state index contributed by atoms with van der Waals surface area (Å²) in [5.74, 6) is 0. The van der Waals surface area contributed by atoms with Gasteiger partial charge in [-0.15, -0.1) is 6.58 Å². The highest BCUT2D eigenvalue weighted by atomic mass is 28.4. The number of rotatable bonds is 12. The molecule has 0 aromatic heterocycles. The molecule has 0 saturated carbocycles. The lowest BCUT2D eigenvalue weighted by molar-refractivity contribution is -0.0691. The molecule has 2 rings (SSSR count). The van der Waals surface area contributed by atoms with Crippen LogP contribution >= 0.6 is 0 Å². The van der Waals surface area contributed by atoms with Gasteiger partial charge in [-0.25, -0.2) is 0 Å². The minimum absolute atomic E-state index is 0.0580. The molecule has 2 atom stereocenters. The molecule has 0 bridgehead atoms. The van der Waals surface area contributed by atoms with E-state index in [1.165, 1.54) is 10.4 Å². The van der Waals surface area contributed by atoms with Crippen molar-refractivity contribution in [3.8, 4) is 0 Å². The first kappa shape index (κ1) is 27.3. The van der Waals surface area contributed by atoms with E-state index in [9.17, 15) is 10.2 Å². The van der Waals surface area contributed by atoms with Crippen molar-refractivity contribution in [2.45, 2.75) is 77.0 Å². The quantitative estimate of drug-likeness (QED) is 0.327. The Morgan fingerprint density at radius 1 is 1.00 bits per heavy atom. The average Bonchev–Trinajstić information content (AvgIpc) is 2.79. The van der Waals surface area contributed by atoms with Gasteiger partial charge in [0.1, 0.15) is 0 Å². The van der Waals surface area contributed by atoms with E-state index in [1.54, 1.807) is 13.0 Å². The summed E-state index contributed by atoms with van der Waals surface area (Å²) in [5, 5.41) is 23.5. The maximum absolute atomic E-state index is 10.5. The average molecular weight is 467 g/mol. The SMILES string of the molecule is C=CCC[C@@](C)(O)[C@@H](O)CC/C(C)=C/CO[Si](c1ccccc1)(c1ccccc1)C(C)(C)C. The number of benzene rings is 2. The van der Waals surface area contributed by atoms with Crippen LogP contribution in [0, 0.1) is 0 Å². The van der Waals surface area contributed by atoms with Gasteiger partial charge in [-0.2, -0.15) is 0 Å². The molecule has 2 aromatic carbocycles. The fourth-order valence-corrected chi connectivity index (χ4v) is 8.90. The van der Waals surface area contributed by atoms with E-state index < -0.39 is 20.0 Å². The summed E-state index contributed by atoms with van der Waals surface area (Å²) in [6, 6.07) is 21.3. The van der Waals surface area contributed by atoms with Gasteiger partial charge in [-0.05, 0) is 54.9 Å². The fraction of sp³-hybridized carbons (Fsp3) is 0.448. The number of hydrogen-bond acceptors (Lipinski definition) is 3. The van der Waals surface area contributed by atoms with Crippen LogP contribution in [-0.2, 0) is 4.43 Å². The van der Waals surface area contributed by atoms with Crippen LogP contribution in [0.15, 0.2) is 85.0 Å². The highest BCUT2D eigenvalue weighted by molar-refractivity contribution is 6.99. The Hall–Kier alpha value is -1.98. The van der Waals surface area contributed by atoms with Gasteiger partial charge >= 0.3 is 0 Å². The predicted molar refractivity (Wildman–Crippen MR) is 143 cm³/mol. The molecule has 0 heterocycles. The van der Waals surface area contributed by atoms with Crippen molar-refractivity contribution in [1.82, 2.24) is 0 Å². The van der Waals surface area contributed by atoms with Crippen molar-refractivity contribution in [3.05, 3.63) is 85.0 Å². The molecule has 0 amide bonds. The summed E-state index contributed by atoms with van der Waals surface area (Å²) in [6.45, 7) is 14.8. The van der Waals surface area contributed by atoms with Gasteiger partial charge in [0.2, 0.25) is 0 Å².